The summed E-state index contributed by atoms with van der Waals surface area (Å²) < 4.78 is 49.2. The highest BCUT2D eigenvalue weighted by molar-refractivity contribution is 5.96. The van der Waals surface area contributed by atoms with Crippen LogP contribution in [-0.2, 0) is 6.42 Å². The fourth-order valence-corrected chi connectivity index (χ4v) is 5.32. The molecule has 3 heterocycles. The van der Waals surface area contributed by atoms with E-state index in [-0.39, 0.29) is 36.1 Å². The topological polar surface area (TPSA) is 91.0 Å². The van der Waals surface area contributed by atoms with Crippen LogP contribution in [0.2, 0.25) is 0 Å². The van der Waals surface area contributed by atoms with Crippen molar-refractivity contribution in [3.8, 4) is 17.1 Å². The summed E-state index contributed by atoms with van der Waals surface area (Å²) in [5, 5.41) is 0. The van der Waals surface area contributed by atoms with Gasteiger partial charge in [0.2, 0.25) is 5.88 Å². The molecule has 0 saturated heterocycles. The second-order valence-electron chi connectivity index (χ2n) is 9.86. The summed E-state index contributed by atoms with van der Waals surface area (Å²) >= 11 is 0. The van der Waals surface area contributed by atoms with Crippen LogP contribution >= 0.6 is 0 Å². The number of ether oxygens (including phenoxy) is 1. The largest absolute Gasteiger partial charge is 0.472 e. The van der Waals surface area contributed by atoms with Crippen LogP contribution in [0.5, 0.6) is 5.88 Å². The molecule has 3 aromatic heterocycles. The van der Waals surface area contributed by atoms with Crippen LogP contribution in [0.4, 0.5) is 13.2 Å². The van der Waals surface area contributed by atoms with Crippen molar-refractivity contribution in [2.75, 3.05) is 0 Å². The second kappa shape index (κ2) is 11.3. The molecule has 4 aromatic rings. The number of rotatable bonds is 7. The maximum atomic E-state index is 14.5. The molecule has 0 amide bonds. The number of carbonyl (C=O) groups is 1. The van der Waals surface area contributed by atoms with E-state index in [1.165, 1.54) is 12.1 Å². The van der Waals surface area contributed by atoms with Crippen molar-refractivity contribution in [1.29, 1.82) is 0 Å². The van der Waals surface area contributed by atoms with Gasteiger partial charge >= 0.3 is 0 Å². The molecule has 4 atom stereocenters. The Bertz CT molecular complexity index is 1450. The molecule has 200 valence electrons. The van der Waals surface area contributed by atoms with E-state index in [9.17, 15) is 18.0 Å². The highest BCUT2D eigenvalue weighted by atomic mass is 19.1. The van der Waals surface area contributed by atoms with Crippen molar-refractivity contribution in [3.05, 3.63) is 107 Å². The van der Waals surface area contributed by atoms with Gasteiger partial charge < -0.3 is 10.5 Å². The van der Waals surface area contributed by atoms with E-state index in [2.05, 4.69) is 21.9 Å². The summed E-state index contributed by atoms with van der Waals surface area (Å²) in [7, 11) is 0. The average molecular weight is 533 g/mol. The van der Waals surface area contributed by atoms with Crippen LogP contribution in [0.3, 0.4) is 0 Å². The highest BCUT2D eigenvalue weighted by Crippen LogP contribution is 2.38. The van der Waals surface area contributed by atoms with Gasteiger partial charge in [0.05, 0.1) is 5.56 Å². The third-order valence-corrected chi connectivity index (χ3v) is 7.15. The third-order valence-electron chi connectivity index (χ3n) is 7.15. The van der Waals surface area contributed by atoms with Crippen molar-refractivity contribution in [2.45, 2.75) is 44.2 Å². The molecule has 0 aliphatic heterocycles. The third kappa shape index (κ3) is 5.68. The molecule has 2 N–H and O–H groups in total. The van der Waals surface area contributed by atoms with Crippen LogP contribution in [-0.4, -0.2) is 32.9 Å². The lowest BCUT2D eigenvalue weighted by Gasteiger charge is -2.39. The molecule has 6 nitrogen and oxygen atoms in total. The SMILES string of the molecule is C[C@@H]1C[C@H](c2ccncc2CC(=O)c2ccc(F)c(-c3c(F)cccc3F)n2)C[C@H](N)[C@@H]1Oc1ccccn1. The summed E-state index contributed by atoms with van der Waals surface area (Å²) in [6.45, 7) is 2.08. The molecular weight excluding hydrogens is 505 g/mol. The molecule has 0 radical (unpaired) electrons. The lowest BCUT2D eigenvalue weighted by atomic mass is 9.73. The maximum Gasteiger partial charge on any atom is 0.213 e. The number of carbonyl (C=O) groups excluding carboxylic acids is 1. The van der Waals surface area contributed by atoms with E-state index < -0.39 is 34.5 Å². The molecule has 39 heavy (non-hydrogen) atoms. The molecule has 1 fully saturated rings. The zero-order chi connectivity index (χ0) is 27.5. The molecule has 1 aliphatic rings. The Morgan fingerprint density at radius 3 is 2.49 bits per heavy atom. The summed E-state index contributed by atoms with van der Waals surface area (Å²) in [6.07, 6.45) is 6.12. The molecule has 1 aliphatic carbocycles. The Hall–Kier alpha value is -4.11. The van der Waals surface area contributed by atoms with Gasteiger partial charge in [-0.2, -0.15) is 0 Å². The van der Waals surface area contributed by atoms with Gasteiger partial charge in [-0.25, -0.2) is 23.1 Å². The minimum Gasteiger partial charge on any atom is -0.472 e. The van der Waals surface area contributed by atoms with Crippen molar-refractivity contribution in [2.24, 2.45) is 11.7 Å². The number of halogens is 3. The number of hydrogen-bond donors (Lipinski definition) is 1. The first-order valence-electron chi connectivity index (χ1n) is 12.7. The lowest BCUT2D eigenvalue weighted by molar-refractivity contribution is 0.0693. The molecule has 0 unspecified atom stereocenters. The van der Waals surface area contributed by atoms with Crippen LogP contribution in [0.1, 0.15) is 47.3 Å². The van der Waals surface area contributed by atoms with E-state index in [0.29, 0.717) is 17.9 Å². The number of hydrogen-bond acceptors (Lipinski definition) is 6. The van der Waals surface area contributed by atoms with Gasteiger partial charge in [-0.1, -0.05) is 19.1 Å². The van der Waals surface area contributed by atoms with E-state index in [1.807, 2.05) is 18.2 Å². The molecule has 0 bridgehead atoms. The van der Waals surface area contributed by atoms with Gasteiger partial charge in [-0.05, 0) is 72.2 Å². The number of benzene rings is 1. The van der Waals surface area contributed by atoms with Gasteiger partial charge in [-0.3, -0.25) is 9.78 Å². The van der Waals surface area contributed by atoms with E-state index in [1.54, 1.807) is 24.7 Å². The van der Waals surface area contributed by atoms with Gasteiger partial charge in [-0.15, -0.1) is 0 Å². The zero-order valence-corrected chi connectivity index (χ0v) is 21.2. The average Bonchev–Trinajstić information content (AvgIpc) is 2.92. The van der Waals surface area contributed by atoms with Crippen LogP contribution in [0.25, 0.3) is 11.3 Å². The van der Waals surface area contributed by atoms with Crippen LogP contribution < -0.4 is 10.5 Å². The van der Waals surface area contributed by atoms with E-state index >= 15 is 0 Å². The normalized spacial score (nSPS) is 20.9. The monoisotopic (exact) mass is 532 g/mol. The Morgan fingerprint density at radius 2 is 1.77 bits per heavy atom. The lowest BCUT2D eigenvalue weighted by Crippen LogP contribution is -2.48. The molecule has 9 heteroatoms. The van der Waals surface area contributed by atoms with Gasteiger partial charge in [0.15, 0.2) is 5.78 Å². The predicted octanol–water partition coefficient (Wildman–Crippen LogP) is 5.67. The van der Waals surface area contributed by atoms with Crippen molar-refractivity contribution in [3.63, 3.8) is 0 Å². The number of ketones is 1. The number of aromatic nitrogens is 3. The Morgan fingerprint density at radius 1 is 0.974 bits per heavy atom. The Kier molecular flexibility index (Phi) is 7.70. The predicted molar refractivity (Wildman–Crippen MR) is 140 cm³/mol. The van der Waals surface area contributed by atoms with Crippen molar-refractivity contribution >= 4 is 5.78 Å². The fraction of sp³-hybridized carbons (Fsp3) is 0.267. The Balaban J connectivity index is 1.36. The number of Topliss-reactive ketones (excluding diaryl/α,β-unsaturated/α-hetero) is 1. The molecule has 1 saturated carbocycles. The molecule has 0 spiro atoms. The molecule has 1 aromatic carbocycles. The highest BCUT2D eigenvalue weighted by Gasteiger charge is 2.37. The van der Waals surface area contributed by atoms with Gasteiger partial charge in [0, 0.05) is 37.1 Å². The number of nitrogens with two attached hydrogens (primary N) is 1. The van der Waals surface area contributed by atoms with E-state index in [4.69, 9.17) is 10.5 Å². The minimum atomic E-state index is -0.964. The zero-order valence-electron chi connectivity index (χ0n) is 21.2. The first-order chi connectivity index (χ1) is 18.8. The summed E-state index contributed by atoms with van der Waals surface area (Å²) in [6, 6.07) is 12.5. The summed E-state index contributed by atoms with van der Waals surface area (Å²) in [4.78, 5) is 25.7. The fourth-order valence-electron chi connectivity index (χ4n) is 5.32. The standard InChI is InChI=1S/C30H27F3N4O2/c1-17-13-18(14-24(34)30(17)39-27-7-2-3-11-36-27)20-10-12-35-16-19(20)15-26(38)25-9-8-23(33)29(37-25)28-21(31)5-4-6-22(28)32/h2-12,16-18,24,30H,13-15,34H2,1H3/t17-,18+,24+,30-/m1/s1. The van der Waals surface area contributed by atoms with Crippen LogP contribution in [0, 0.1) is 23.4 Å². The van der Waals surface area contributed by atoms with Gasteiger partial charge in [0.25, 0.3) is 0 Å². The molecular formula is C30H27F3N4O2. The van der Waals surface area contributed by atoms with Crippen molar-refractivity contribution < 1.29 is 22.7 Å². The van der Waals surface area contributed by atoms with Gasteiger partial charge in [0.1, 0.15) is 34.9 Å². The summed E-state index contributed by atoms with van der Waals surface area (Å²) in [5.74, 6) is -2.57. The Labute approximate surface area is 224 Å². The first kappa shape index (κ1) is 26.5. The van der Waals surface area contributed by atoms with Crippen molar-refractivity contribution in [1.82, 2.24) is 15.0 Å². The number of pyridine rings is 3. The molecule has 5 rings (SSSR count). The van der Waals surface area contributed by atoms with Crippen LogP contribution in [0.15, 0.2) is 73.2 Å². The first-order valence-corrected chi connectivity index (χ1v) is 12.7. The second-order valence-corrected chi connectivity index (χ2v) is 9.86. The quantitative estimate of drug-likeness (QED) is 0.309. The number of nitrogens with zero attached hydrogens (tertiary/aromatic N) is 3. The summed E-state index contributed by atoms with van der Waals surface area (Å²) in [5.41, 5.74) is 6.94. The minimum absolute atomic E-state index is 0.0605. The smallest absolute Gasteiger partial charge is 0.213 e. The van der Waals surface area contributed by atoms with E-state index in [0.717, 1.165) is 30.2 Å². The maximum absolute atomic E-state index is 14.5.